The minimum atomic E-state index is -0.132. The number of amides is 1. The SMILES string of the molecule is CC(=O)Nc1ncnn2c(C(C)C)ccc12. The van der Waals surface area contributed by atoms with Gasteiger partial charge in [-0.1, -0.05) is 13.8 Å². The van der Waals surface area contributed by atoms with E-state index in [1.165, 1.54) is 13.3 Å². The fourth-order valence-electron chi connectivity index (χ4n) is 1.65. The molecular formula is C11H14N4O. The zero-order valence-electron chi connectivity index (χ0n) is 9.56. The van der Waals surface area contributed by atoms with Gasteiger partial charge in [-0.3, -0.25) is 4.79 Å². The lowest BCUT2D eigenvalue weighted by Gasteiger charge is -2.06. The number of hydrogen-bond acceptors (Lipinski definition) is 3. The third-order valence-electron chi connectivity index (χ3n) is 2.37. The zero-order chi connectivity index (χ0) is 11.7. The highest BCUT2D eigenvalue weighted by molar-refractivity contribution is 5.91. The van der Waals surface area contributed by atoms with Crippen molar-refractivity contribution in [1.82, 2.24) is 14.6 Å². The maximum Gasteiger partial charge on any atom is 0.222 e. The molecule has 0 unspecified atom stereocenters. The number of hydrogen-bond donors (Lipinski definition) is 1. The molecule has 5 heteroatoms. The van der Waals surface area contributed by atoms with Gasteiger partial charge >= 0.3 is 0 Å². The Kier molecular flexibility index (Phi) is 2.60. The Morgan fingerprint density at radius 2 is 2.19 bits per heavy atom. The van der Waals surface area contributed by atoms with Gasteiger partial charge in [0.15, 0.2) is 5.82 Å². The molecule has 5 nitrogen and oxygen atoms in total. The van der Waals surface area contributed by atoms with Crippen LogP contribution in [-0.2, 0) is 4.79 Å². The molecule has 1 amide bonds. The van der Waals surface area contributed by atoms with Crippen molar-refractivity contribution < 1.29 is 4.79 Å². The van der Waals surface area contributed by atoms with E-state index in [-0.39, 0.29) is 5.91 Å². The highest BCUT2D eigenvalue weighted by atomic mass is 16.1. The van der Waals surface area contributed by atoms with Crippen molar-refractivity contribution in [1.29, 1.82) is 0 Å². The summed E-state index contributed by atoms with van der Waals surface area (Å²) >= 11 is 0. The smallest absolute Gasteiger partial charge is 0.222 e. The maximum absolute atomic E-state index is 11.0. The van der Waals surface area contributed by atoms with Gasteiger partial charge in [0.1, 0.15) is 11.8 Å². The average Bonchev–Trinajstić information content (AvgIpc) is 2.61. The number of nitrogens with zero attached hydrogens (tertiary/aromatic N) is 3. The Bertz CT molecular complexity index is 530. The predicted octanol–water partition coefficient (Wildman–Crippen LogP) is 1.81. The molecule has 0 spiro atoms. The van der Waals surface area contributed by atoms with Gasteiger partial charge in [0.2, 0.25) is 5.91 Å². The molecule has 0 aliphatic heterocycles. The quantitative estimate of drug-likeness (QED) is 0.836. The van der Waals surface area contributed by atoms with Crippen molar-refractivity contribution in [3.8, 4) is 0 Å². The van der Waals surface area contributed by atoms with Crippen LogP contribution in [0.15, 0.2) is 18.5 Å². The number of rotatable bonds is 2. The third-order valence-corrected chi connectivity index (χ3v) is 2.37. The van der Waals surface area contributed by atoms with Crippen LogP contribution >= 0.6 is 0 Å². The highest BCUT2D eigenvalue weighted by Crippen LogP contribution is 2.21. The summed E-state index contributed by atoms with van der Waals surface area (Å²) in [7, 11) is 0. The summed E-state index contributed by atoms with van der Waals surface area (Å²) in [6, 6.07) is 3.92. The van der Waals surface area contributed by atoms with Crippen molar-refractivity contribution in [2.45, 2.75) is 26.7 Å². The summed E-state index contributed by atoms with van der Waals surface area (Å²) in [6.07, 6.45) is 1.45. The standard InChI is InChI=1S/C11H14N4O/c1-7(2)9-4-5-10-11(14-8(3)16)12-6-13-15(9)10/h4-7H,1-3H3,(H,12,13,14,16). The van der Waals surface area contributed by atoms with E-state index in [2.05, 4.69) is 29.2 Å². The second kappa shape index (κ2) is 3.92. The van der Waals surface area contributed by atoms with Crippen molar-refractivity contribution in [2.24, 2.45) is 0 Å². The van der Waals surface area contributed by atoms with Crippen LogP contribution in [0.1, 0.15) is 32.4 Å². The third kappa shape index (κ3) is 1.76. The van der Waals surface area contributed by atoms with Gasteiger partial charge in [0.05, 0.1) is 0 Å². The van der Waals surface area contributed by atoms with Gasteiger partial charge in [-0.15, -0.1) is 0 Å². The number of aromatic nitrogens is 3. The minimum Gasteiger partial charge on any atom is -0.309 e. The lowest BCUT2D eigenvalue weighted by Crippen LogP contribution is -2.10. The second-order valence-corrected chi connectivity index (χ2v) is 4.00. The van der Waals surface area contributed by atoms with Gasteiger partial charge in [0.25, 0.3) is 0 Å². The van der Waals surface area contributed by atoms with E-state index >= 15 is 0 Å². The normalized spacial score (nSPS) is 11.0. The summed E-state index contributed by atoms with van der Waals surface area (Å²) in [5.41, 5.74) is 1.92. The van der Waals surface area contributed by atoms with E-state index in [1.807, 2.05) is 16.6 Å². The predicted molar refractivity (Wildman–Crippen MR) is 61.4 cm³/mol. The molecule has 0 aliphatic rings. The number of fused-ring (bicyclic) bond motifs is 1. The topological polar surface area (TPSA) is 59.3 Å². The van der Waals surface area contributed by atoms with Crippen LogP contribution in [0.5, 0.6) is 0 Å². The monoisotopic (exact) mass is 218 g/mol. The maximum atomic E-state index is 11.0. The van der Waals surface area contributed by atoms with E-state index < -0.39 is 0 Å². The molecule has 16 heavy (non-hydrogen) atoms. The van der Waals surface area contributed by atoms with Crippen LogP contribution < -0.4 is 5.32 Å². The molecule has 0 radical (unpaired) electrons. The van der Waals surface area contributed by atoms with Crippen molar-refractivity contribution in [2.75, 3.05) is 5.32 Å². The summed E-state index contributed by atoms with van der Waals surface area (Å²) < 4.78 is 1.81. The van der Waals surface area contributed by atoms with E-state index in [4.69, 9.17) is 0 Å². The number of anilines is 1. The van der Waals surface area contributed by atoms with Crippen LogP contribution in [0.2, 0.25) is 0 Å². The summed E-state index contributed by atoms with van der Waals surface area (Å²) in [5, 5.41) is 6.87. The van der Waals surface area contributed by atoms with Crippen molar-refractivity contribution in [3.05, 3.63) is 24.2 Å². The number of carbonyl (C=O) groups excluding carboxylic acids is 1. The largest absolute Gasteiger partial charge is 0.309 e. The average molecular weight is 218 g/mol. The molecule has 2 heterocycles. The lowest BCUT2D eigenvalue weighted by atomic mass is 10.1. The molecule has 2 aromatic rings. The van der Waals surface area contributed by atoms with Crippen LogP contribution in [-0.4, -0.2) is 20.5 Å². The second-order valence-electron chi connectivity index (χ2n) is 4.00. The first-order valence-electron chi connectivity index (χ1n) is 5.20. The Morgan fingerprint density at radius 3 is 2.81 bits per heavy atom. The van der Waals surface area contributed by atoms with E-state index in [0.717, 1.165) is 11.2 Å². The van der Waals surface area contributed by atoms with Crippen LogP contribution in [0.25, 0.3) is 5.52 Å². The minimum absolute atomic E-state index is 0.132. The van der Waals surface area contributed by atoms with Gasteiger partial charge in [-0.25, -0.2) is 9.50 Å². The van der Waals surface area contributed by atoms with Gasteiger partial charge in [0, 0.05) is 12.6 Å². The molecule has 2 aromatic heterocycles. The molecule has 0 bridgehead atoms. The Balaban J connectivity index is 2.57. The molecule has 2 rings (SSSR count). The van der Waals surface area contributed by atoms with Crippen LogP contribution in [0, 0.1) is 0 Å². The molecule has 0 fully saturated rings. The number of carbonyl (C=O) groups is 1. The lowest BCUT2D eigenvalue weighted by molar-refractivity contribution is -0.114. The molecular weight excluding hydrogens is 204 g/mol. The Morgan fingerprint density at radius 1 is 1.44 bits per heavy atom. The molecule has 0 saturated heterocycles. The van der Waals surface area contributed by atoms with Crippen LogP contribution in [0.3, 0.4) is 0 Å². The highest BCUT2D eigenvalue weighted by Gasteiger charge is 2.10. The van der Waals surface area contributed by atoms with E-state index in [0.29, 0.717) is 11.7 Å². The van der Waals surface area contributed by atoms with Crippen molar-refractivity contribution in [3.63, 3.8) is 0 Å². The molecule has 0 aliphatic carbocycles. The van der Waals surface area contributed by atoms with Crippen molar-refractivity contribution >= 4 is 17.2 Å². The first kappa shape index (κ1) is 10.6. The number of nitrogens with one attached hydrogen (secondary N) is 1. The zero-order valence-corrected chi connectivity index (χ0v) is 9.56. The summed E-state index contributed by atoms with van der Waals surface area (Å²) in [4.78, 5) is 15.1. The molecule has 84 valence electrons. The summed E-state index contributed by atoms with van der Waals surface area (Å²) in [6.45, 7) is 5.66. The van der Waals surface area contributed by atoms with Gasteiger partial charge in [-0.2, -0.15) is 5.10 Å². The Labute approximate surface area is 93.5 Å². The van der Waals surface area contributed by atoms with Gasteiger partial charge < -0.3 is 5.32 Å². The van der Waals surface area contributed by atoms with E-state index in [1.54, 1.807) is 0 Å². The van der Waals surface area contributed by atoms with Gasteiger partial charge in [-0.05, 0) is 18.1 Å². The van der Waals surface area contributed by atoms with Crippen LogP contribution in [0.4, 0.5) is 5.82 Å². The fourth-order valence-corrected chi connectivity index (χ4v) is 1.65. The van der Waals surface area contributed by atoms with E-state index in [9.17, 15) is 4.79 Å². The first-order valence-corrected chi connectivity index (χ1v) is 5.20. The molecule has 1 N–H and O–H groups in total. The molecule has 0 aromatic carbocycles. The molecule has 0 atom stereocenters. The Hall–Kier alpha value is -1.91. The summed E-state index contributed by atoms with van der Waals surface area (Å²) in [5.74, 6) is 0.796. The molecule has 0 saturated carbocycles. The fraction of sp³-hybridized carbons (Fsp3) is 0.364. The first-order chi connectivity index (χ1) is 7.59.